The molecule has 0 bridgehead atoms. The number of amides is 1. The lowest BCUT2D eigenvalue weighted by Crippen LogP contribution is -2.29. The first kappa shape index (κ1) is 14.1. The lowest BCUT2D eigenvalue weighted by molar-refractivity contribution is 0.124. The topological polar surface area (TPSA) is 63.5 Å². The van der Waals surface area contributed by atoms with Gasteiger partial charge in [-0.05, 0) is 17.7 Å². The van der Waals surface area contributed by atoms with Crippen LogP contribution in [0.5, 0.6) is 0 Å². The molecule has 1 aromatic carbocycles. The van der Waals surface area contributed by atoms with Crippen molar-refractivity contribution in [3.8, 4) is 0 Å². The van der Waals surface area contributed by atoms with Crippen molar-refractivity contribution in [1.82, 2.24) is 9.88 Å². The Kier molecular flexibility index (Phi) is 4.79. The Morgan fingerprint density at radius 1 is 1.30 bits per heavy atom. The molecule has 1 heterocycles. The number of ether oxygens (including phenoxy) is 1. The Hall–Kier alpha value is -2.27. The van der Waals surface area contributed by atoms with Crippen LogP contribution in [0.2, 0.25) is 0 Å². The summed E-state index contributed by atoms with van der Waals surface area (Å²) in [6, 6.07) is 13.1. The summed E-state index contributed by atoms with van der Waals surface area (Å²) in [4.78, 5) is 11.5. The van der Waals surface area contributed by atoms with Crippen LogP contribution >= 0.6 is 0 Å². The van der Waals surface area contributed by atoms with Gasteiger partial charge in [0.25, 0.3) is 0 Å². The standard InChI is InChI=1S/C15H18N2O3/c1-17-9-5-8-13(17)14(18)10-16-15(19)20-11-12-6-3-2-4-7-12/h2-9,14,18H,10-11H2,1H3,(H,16,19). The average molecular weight is 274 g/mol. The van der Waals surface area contributed by atoms with E-state index in [2.05, 4.69) is 5.32 Å². The lowest BCUT2D eigenvalue weighted by atomic mass is 10.2. The number of aliphatic hydroxyl groups excluding tert-OH is 1. The molecule has 1 amide bonds. The van der Waals surface area contributed by atoms with E-state index in [1.807, 2.05) is 60.3 Å². The molecule has 1 aromatic heterocycles. The van der Waals surface area contributed by atoms with Gasteiger partial charge in [0.2, 0.25) is 0 Å². The SMILES string of the molecule is Cn1cccc1C(O)CNC(=O)OCc1ccccc1. The van der Waals surface area contributed by atoms with E-state index in [0.29, 0.717) is 0 Å². The summed E-state index contributed by atoms with van der Waals surface area (Å²) in [5.74, 6) is 0. The zero-order valence-corrected chi connectivity index (χ0v) is 11.3. The fourth-order valence-electron chi connectivity index (χ4n) is 1.88. The van der Waals surface area contributed by atoms with Crippen molar-refractivity contribution in [2.45, 2.75) is 12.7 Å². The molecular formula is C15H18N2O3. The number of rotatable bonds is 5. The van der Waals surface area contributed by atoms with Crippen LogP contribution in [0.15, 0.2) is 48.7 Å². The molecule has 106 valence electrons. The number of aryl methyl sites for hydroxylation is 1. The van der Waals surface area contributed by atoms with E-state index in [4.69, 9.17) is 4.74 Å². The molecule has 20 heavy (non-hydrogen) atoms. The van der Waals surface area contributed by atoms with Crippen LogP contribution in [0.4, 0.5) is 4.79 Å². The summed E-state index contributed by atoms with van der Waals surface area (Å²) in [6.45, 7) is 0.332. The van der Waals surface area contributed by atoms with Gasteiger partial charge in [0.15, 0.2) is 0 Å². The maximum Gasteiger partial charge on any atom is 0.407 e. The van der Waals surface area contributed by atoms with Crippen molar-refractivity contribution in [3.63, 3.8) is 0 Å². The molecule has 0 aliphatic carbocycles. The molecule has 5 heteroatoms. The van der Waals surface area contributed by atoms with Crippen LogP contribution < -0.4 is 5.32 Å². The van der Waals surface area contributed by atoms with Crippen molar-refractivity contribution in [1.29, 1.82) is 0 Å². The molecular weight excluding hydrogens is 256 g/mol. The van der Waals surface area contributed by atoms with Gasteiger partial charge in [0.1, 0.15) is 12.7 Å². The van der Waals surface area contributed by atoms with E-state index >= 15 is 0 Å². The Bertz CT molecular complexity index is 551. The molecule has 2 rings (SSSR count). The predicted octanol–water partition coefficient (Wildman–Crippen LogP) is 1.98. The number of nitrogens with zero attached hydrogens (tertiary/aromatic N) is 1. The fraction of sp³-hybridized carbons (Fsp3) is 0.267. The highest BCUT2D eigenvalue weighted by Crippen LogP contribution is 2.11. The van der Waals surface area contributed by atoms with Crippen molar-refractivity contribution in [2.24, 2.45) is 7.05 Å². The second kappa shape index (κ2) is 6.77. The number of hydrogen-bond acceptors (Lipinski definition) is 3. The van der Waals surface area contributed by atoms with Crippen LogP contribution in [-0.4, -0.2) is 22.3 Å². The van der Waals surface area contributed by atoms with Crippen LogP contribution in [-0.2, 0) is 18.4 Å². The molecule has 2 N–H and O–H groups in total. The minimum absolute atomic E-state index is 0.117. The van der Waals surface area contributed by atoms with E-state index in [9.17, 15) is 9.90 Å². The summed E-state index contributed by atoms with van der Waals surface area (Å²) in [5.41, 5.74) is 1.67. The Labute approximate surface area is 117 Å². The van der Waals surface area contributed by atoms with Crippen LogP contribution in [0.3, 0.4) is 0 Å². The number of aromatic nitrogens is 1. The highest BCUT2D eigenvalue weighted by molar-refractivity contribution is 5.67. The summed E-state index contributed by atoms with van der Waals surface area (Å²) in [6.07, 6.45) is 0.549. The van der Waals surface area contributed by atoms with Gasteiger partial charge in [-0.1, -0.05) is 30.3 Å². The van der Waals surface area contributed by atoms with Crippen LogP contribution in [0, 0.1) is 0 Å². The number of hydrogen-bond donors (Lipinski definition) is 2. The van der Waals surface area contributed by atoms with Gasteiger partial charge in [0.05, 0.1) is 6.54 Å². The highest BCUT2D eigenvalue weighted by Gasteiger charge is 2.12. The first-order chi connectivity index (χ1) is 9.66. The number of nitrogens with one attached hydrogen (secondary N) is 1. The number of benzene rings is 1. The smallest absolute Gasteiger partial charge is 0.407 e. The Morgan fingerprint density at radius 2 is 2.05 bits per heavy atom. The maximum absolute atomic E-state index is 11.5. The number of carbonyl (C=O) groups is 1. The first-order valence-electron chi connectivity index (χ1n) is 6.40. The van der Waals surface area contributed by atoms with Gasteiger partial charge in [-0.15, -0.1) is 0 Å². The third-order valence-corrected chi connectivity index (χ3v) is 2.98. The highest BCUT2D eigenvalue weighted by atomic mass is 16.5. The summed E-state index contributed by atoms with van der Waals surface area (Å²) in [7, 11) is 1.84. The van der Waals surface area contributed by atoms with Gasteiger partial charge >= 0.3 is 6.09 Å². The molecule has 0 spiro atoms. The lowest BCUT2D eigenvalue weighted by Gasteiger charge is -2.13. The molecule has 1 atom stereocenters. The second-order valence-corrected chi connectivity index (χ2v) is 4.50. The number of alkyl carbamates (subject to hydrolysis) is 1. The van der Waals surface area contributed by atoms with E-state index in [1.165, 1.54) is 0 Å². The molecule has 2 aromatic rings. The maximum atomic E-state index is 11.5. The molecule has 1 unspecified atom stereocenters. The Morgan fingerprint density at radius 3 is 2.70 bits per heavy atom. The van der Waals surface area contributed by atoms with E-state index < -0.39 is 12.2 Å². The molecule has 0 saturated heterocycles. The van der Waals surface area contributed by atoms with Gasteiger partial charge in [-0.2, -0.15) is 0 Å². The van der Waals surface area contributed by atoms with Crippen molar-refractivity contribution in [3.05, 3.63) is 59.9 Å². The van der Waals surface area contributed by atoms with Gasteiger partial charge in [0, 0.05) is 18.9 Å². The van der Waals surface area contributed by atoms with Crippen molar-refractivity contribution < 1.29 is 14.6 Å². The average Bonchev–Trinajstić information content (AvgIpc) is 2.90. The molecule has 0 radical (unpaired) electrons. The Balaban J connectivity index is 1.74. The largest absolute Gasteiger partial charge is 0.445 e. The third kappa shape index (κ3) is 3.86. The molecule has 0 aliphatic heterocycles. The third-order valence-electron chi connectivity index (χ3n) is 2.98. The van der Waals surface area contributed by atoms with E-state index in [1.54, 1.807) is 0 Å². The number of aliphatic hydroxyl groups is 1. The van der Waals surface area contributed by atoms with Crippen LogP contribution in [0.25, 0.3) is 0 Å². The second-order valence-electron chi connectivity index (χ2n) is 4.50. The zero-order valence-electron chi connectivity index (χ0n) is 11.3. The molecule has 5 nitrogen and oxygen atoms in total. The fourth-order valence-corrected chi connectivity index (χ4v) is 1.88. The van der Waals surface area contributed by atoms with Crippen molar-refractivity contribution in [2.75, 3.05) is 6.54 Å². The minimum atomic E-state index is -0.751. The normalized spacial score (nSPS) is 11.9. The van der Waals surface area contributed by atoms with Gasteiger partial charge in [-0.3, -0.25) is 0 Å². The zero-order chi connectivity index (χ0) is 14.4. The molecule has 0 aliphatic rings. The monoisotopic (exact) mass is 274 g/mol. The minimum Gasteiger partial charge on any atom is -0.445 e. The van der Waals surface area contributed by atoms with Gasteiger partial charge in [-0.25, -0.2) is 4.79 Å². The predicted molar refractivity (Wildman–Crippen MR) is 75.0 cm³/mol. The summed E-state index contributed by atoms with van der Waals surface area (Å²) >= 11 is 0. The quantitative estimate of drug-likeness (QED) is 0.876. The first-order valence-corrected chi connectivity index (χ1v) is 6.40. The van der Waals surface area contributed by atoms with Gasteiger partial charge < -0.3 is 19.7 Å². The van der Waals surface area contributed by atoms with Crippen molar-refractivity contribution >= 4 is 6.09 Å². The van der Waals surface area contributed by atoms with Crippen LogP contribution in [0.1, 0.15) is 17.4 Å². The molecule has 0 saturated carbocycles. The van der Waals surface area contributed by atoms with E-state index in [0.717, 1.165) is 11.3 Å². The number of carbonyl (C=O) groups excluding carboxylic acids is 1. The van der Waals surface area contributed by atoms with E-state index in [-0.39, 0.29) is 13.2 Å². The molecule has 0 fully saturated rings. The summed E-state index contributed by atoms with van der Waals surface area (Å²) in [5, 5.41) is 12.5. The summed E-state index contributed by atoms with van der Waals surface area (Å²) < 4.78 is 6.87.